The number of aryl methyl sites for hydroxylation is 1. The lowest BCUT2D eigenvalue weighted by Gasteiger charge is -2.29. The zero-order valence-electron chi connectivity index (χ0n) is 17.8. The molecular formula is C23H18F5N3O2S. The van der Waals surface area contributed by atoms with Crippen molar-refractivity contribution < 1.29 is 31.4 Å². The Morgan fingerprint density at radius 1 is 1.12 bits per heavy atom. The van der Waals surface area contributed by atoms with Crippen molar-refractivity contribution in [3.63, 3.8) is 0 Å². The summed E-state index contributed by atoms with van der Waals surface area (Å²) in [5.41, 5.74) is 2.54. The summed E-state index contributed by atoms with van der Waals surface area (Å²) in [5.74, 6) is -3.89. The van der Waals surface area contributed by atoms with Crippen LogP contribution >= 0.6 is 11.3 Å². The number of alkyl halides is 4. The van der Waals surface area contributed by atoms with Gasteiger partial charge in [-0.2, -0.15) is 8.78 Å². The summed E-state index contributed by atoms with van der Waals surface area (Å²) < 4.78 is 77.7. The van der Waals surface area contributed by atoms with Crippen LogP contribution in [0.25, 0.3) is 31.8 Å². The molecule has 0 radical (unpaired) electrons. The summed E-state index contributed by atoms with van der Waals surface area (Å²) in [6, 6.07) is 6.18. The molecule has 1 atom stereocenters. The second kappa shape index (κ2) is 8.61. The van der Waals surface area contributed by atoms with E-state index in [1.165, 1.54) is 23.5 Å². The fourth-order valence-corrected chi connectivity index (χ4v) is 5.09. The predicted octanol–water partition coefficient (Wildman–Crippen LogP) is 6.91. The highest BCUT2D eigenvalue weighted by Crippen LogP contribution is 2.39. The van der Waals surface area contributed by atoms with E-state index in [-0.39, 0.29) is 18.1 Å². The first-order valence-electron chi connectivity index (χ1n) is 10.5. The normalized spacial score (nSPS) is 18.0. The molecule has 11 heteroatoms. The second-order valence-corrected chi connectivity index (χ2v) is 9.26. The van der Waals surface area contributed by atoms with Gasteiger partial charge in [0.1, 0.15) is 11.1 Å². The molecule has 0 unspecified atom stereocenters. The molecule has 2 aromatic heterocycles. The van der Waals surface area contributed by atoms with Crippen LogP contribution in [0.1, 0.15) is 31.2 Å². The molecule has 0 amide bonds. The number of halogens is 5. The smallest absolute Gasteiger partial charge is 0.388 e. The molecule has 0 saturated heterocycles. The van der Waals surface area contributed by atoms with Crippen LogP contribution in [0.4, 0.5) is 22.0 Å². The molecule has 5 rings (SSSR count). The number of hydrogen-bond donors (Lipinski definition) is 0. The fraction of sp³-hybridized carbons (Fsp3) is 0.348. The minimum atomic E-state index is -3.02. The van der Waals surface area contributed by atoms with Gasteiger partial charge in [0.25, 0.3) is 5.92 Å². The number of rotatable bonds is 5. The van der Waals surface area contributed by atoms with Crippen LogP contribution in [-0.2, 0) is 0 Å². The Morgan fingerprint density at radius 3 is 2.71 bits per heavy atom. The third-order valence-electron chi connectivity index (χ3n) is 5.54. The first kappa shape index (κ1) is 22.7. The van der Waals surface area contributed by atoms with E-state index in [4.69, 9.17) is 4.74 Å². The topological polar surface area (TPSA) is 57.1 Å². The van der Waals surface area contributed by atoms with Crippen LogP contribution in [0.3, 0.4) is 0 Å². The maximum absolute atomic E-state index is 14.7. The van der Waals surface area contributed by atoms with E-state index < -0.39 is 30.9 Å². The Morgan fingerprint density at radius 2 is 1.94 bits per heavy atom. The van der Waals surface area contributed by atoms with Gasteiger partial charge in [-0.25, -0.2) is 28.1 Å². The van der Waals surface area contributed by atoms with Crippen LogP contribution in [0, 0.1) is 12.7 Å². The van der Waals surface area contributed by atoms with E-state index in [0.717, 1.165) is 11.8 Å². The summed E-state index contributed by atoms with van der Waals surface area (Å²) in [4.78, 5) is 12.8. The average Bonchev–Trinajstić information content (AvgIpc) is 3.14. The molecule has 0 aliphatic heterocycles. The maximum atomic E-state index is 14.7. The Bertz CT molecular complexity index is 1380. The quantitative estimate of drug-likeness (QED) is 0.282. The molecule has 1 aliphatic rings. The van der Waals surface area contributed by atoms with Crippen LogP contribution in [0.15, 0.2) is 30.5 Å². The number of nitrogens with zero attached hydrogens (tertiary/aromatic N) is 3. The molecular weight excluding hydrogens is 477 g/mol. The summed E-state index contributed by atoms with van der Waals surface area (Å²) in [6.45, 7) is -1.21. The number of benzene rings is 2. The van der Waals surface area contributed by atoms with Gasteiger partial charge in [-0.1, -0.05) is 0 Å². The maximum Gasteiger partial charge on any atom is 0.388 e. The Kier molecular flexibility index (Phi) is 5.75. The molecule has 2 aromatic carbocycles. The number of hydrogen-bond acceptors (Lipinski definition) is 6. The lowest BCUT2D eigenvalue weighted by molar-refractivity contribution is -0.0701. The van der Waals surface area contributed by atoms with Crippen LogP contribution < -0.4 is 9.47 Å². The highest BCUT2D eigenvalue weighted by Gasteiger charge is 2.37. The number of thiazole rings is 1. The zero-order chi connectivity index (χ0) is 24.0. The first-order chi connectivity index (χ1) is 16.2. The SMILES string of the molecule is Cc1cc(-c2nc3cc(F)c(O[C@@H]4CCCC(F)(F)C4)cc3s2)c2ncc(OC(F)F)nc2c1. The molecule has 4 aromatic rings. The van der Waals surface area contributed by atoms with E-state index in [2.05, 4.69) is 19.7 Å². The Balaban J connectivity index is 1.51. The van der Waals surface area contributed by atoms with Gasteiger partial charge in [0, 0.05) is 30.5 Å². The van der Waals surface area contributed by atoms with E-state index in [0.29, 0.717) is 44.7 Å². The van der Waals surface area contributed by atoms with Crippen molar-refractivity contribution in [2.75, 3.05) is 0 Å². The van der Waals surface area contributed by atoms with Crippen molar-refractivity contribution in [2.24, 2.45) is 0 Å². The van der Waals surface area contributed by atoms with Crippen molar-refractivity contribution in [1.29, 1.82) is 0 Å². The van der Waals surface area contributed by atoms with Crippen molar-refractivity contribution in [3.05, 3.63) is 41.8 Å². The molecule has 1 fully saturated rings. The number of ether oxygens (including phenoxy) is 2. The third kappa shape index (κ3) is 4.61. The Hall–Kier alpha value is -3.08. The molecule has 2 heterocycles. The van der Waals surface area contributed by atoms with E-state index in [1.54, 1.807) is 6.07 Å². The molecule has 5 nitrogen and oxygen atoms in total. The van der Waals surface area contributed by atoms with E-state index in [1.807, 2.05) is 13.0 Å². The molecule has 0 spiro atoms. The van der Waals surface area contributed by atoms with Gasteiger partial charge in [-0.15, -0.1) is 11.3 Å². The number of fused-ring (bicyclic) bond motifs is 2. The lowest BCUT2D eigenvalue weighted by atomic mass is 9.94. The zero-order valence-corrected chi connectivity index (χ0v) is 18.6. The van der Waals surface area contributed by atoms with E-state index >= 15 is 0 Å². The van der Waals surface area contributed by atoms with Gasteiger partial charge in [0.05, 0.1) is 27.4 Å². The van der Waals surface area contributed by atoms with Crippen LogP contribution in [0.5, 0.6) is 11.6 Å². The molecule has 178 valence electrons. The molecule has 1 saturated carbocycles. The molecule has 0 bridgehead atoms. The minimum absolute atomic E-state index is 0.0897. The van der Waals surface area contributed by atoms with Gasteiger partial charge >= 0.3 is 6.61 Å². The van der Waals surface area contributed by atoms with Crippen LogP contribution in [-0.4, -0.2) is 33.6 Å². The monoisotopic (exact) mass is 495 g/mol. The third-order valence-corrected chi connectivity index (χ3v) is 6.59. The Labute approximate surface area is 194 Å². The van der Waals surface area contributed by atoms with Crippen molar-refractivity contribution in [3.8, 4) is 22.2 Å². The summed E-state index contributed by atoms with van der Waals surface area (Å²) in [7, 11) is 0. The van der Waals surface area contributed by atoms with E-state index in [9.17, 15) is 22.0 Å². The first-order valence-corrected chi connectivity index (χ1v) is 11.4. The number of aromatic nitrogens is 3. The van der Waals surface area contributed by atoms with Gasteiger partial charge in [0.2, 0.25) is 5.88 Å². The second-order valence-electron chi connectivity index (χ2n) is 8.23. The summed E-state index contributed by atoms with van der Waals surface area (Å²) >= 11 is 1.25. The lowest BCUT2D eigenvalue weighted by Crippen LogP contribution is -2.33. The highest BCUT2D eigenvalue weighted by atomic mass is 32.1. The van der Waals surface area contributed by atoms with Crippen molar-refractivity contribution in [2.45, 2.75) is 51.2 Å². The minimum Gasteiger partial charge on any atom is -0.487 e. The van der Waals surface area contributed by atoms with Gasteiger partial charge in [-0.05, 0) is 37.5 Å². The van der Waals surface area contributed by atoms with Gasteiger partial charge in [0.15, 0.2) is 11.6 Å². The molecule has 0 N–H and O–H groups in total. The van der Waals surface area contributed by atoms with Crippen molar-refractivity contribution >= 4 is 32.6 Å². The highest BCUT2D eigenvalue weighted by molar-refractivity contribution is 7.21. The van der Waals surface area contributed by atoms with Gasteiger partial charge < -0.3 is 9.47 Å². The largest absolute Gasteiger partial charge is 0.487 e. The van der Waals surface area contributed by atoms with Crippen LogP contribution in [0.2, 0.25) is 0 Å². The summed E-state index contributed by atoms with van der Waals surface area (Å²) in [5, 5.41) is 0.515. The fourth-order valence-electron chi connectivity index (χ4n) is 4.10. The molecule has 34 heavy (non-hydrogen) atoms. The average molecular weight is 495 g/mol. The summed E-state index contributed by atoms with van der Waals surface area (Å²) in [6.07, 6.45) is 0.471. The van der Waals surface area contributed by atoms with Crippen molar-refractivity contribution in [1.82, 2.24) is 15.0 Å². The standard InChI is InChI=1S/C23H18F5N3O2S/c1-11-5-13(20-16(6-11)30-19(10-29-20)33-22(25)26)21-31-15-7-14(24)17(8-18(15)34-21)32-12-3-2-4-23(27,28)9-12/h5-8,10,12,22H,2-4,9H2,1H3/t12-/m1/s1. The van der Waals surface area contributed by atoms with Gasteiger partial charge in [-0.3, -0.25) is 0 Å². The predicted molar refractivity (Wildman–Crippen MR) is 117 cm³/mol. The molecule has 1 aliphatic carbocycles.